The number of carbonyl (C=O) groups is 2. The first-order valence-corrected chi connectivity index (χ1v) is 7.83. The van der Waals surface area contributed by atoms with E-state index in [0.29, 0.717) is 18.7 Å². The highest BCUT2D eigenvalue weighted by molar-refractivity contribution is 5.84. The van der Waals surface area contributed by atoms with Crippen LogP contribution in [0.2, 0.25) is 0 Å². The lowest BCUT2D eigenvalue weighted by atomic mass is 9.91. The maximum absolute atomic E-state index is 12.7. The maximum Gasteiger partial charge on any atom is 0.303 e. The van der Waals surface area contributed by atoms with Crippen LogP contribution in [0, 0.1) is 19.8 Å². The summed E-state index contributed by atoms with van der Waals surface area (Å²) in [6.07, 6.45) is 2.74. The van der Waals surface area contributed by atoms with E-state index in [1.807, 2.05) is 25.7 Å². The number of carbonyl (C=O) groups excluding carboxylic acids is 1. The summed E-state index contributed by atoms with van der Waals surface area (Å²) < 4.78 is 5.15. The molecular formula is C16H24N2O4. The number of aliphatic carboxylic acids is 1. The Kier molecular flexibility index (Phi) is 5.21. The largest absolute Gasteiger partial charge is 0.481 e. The summed E-state index contributed by atoms with van der Waals surface area (Å²) in [5.74, 6) is 0.00916. The smallest absolute Gasteiger partial charge is 0.303 e. The molecule has 2 atom stereocenters. The molecule has 1 aliphatic heterocycles. The number of nitrogens with zero attached hydrogens (tertiary/aromatic N) is 2. The Hall–Kier alpha value is -1.85. The van der Waals surface area contributed by atoms with E-state index in [2.05, 4.69) is 5.16 Å². The molecule has 22 heavy (non-hydrogen) atoms. The van der Waals surface area contributed by atoms with Gasteiger partial charge >= 0.3 is 5.97 Å². The maximum atomic E-state index is 12.7. The average molecular weight is 308 g/mol. The van der Waals surface area contributed by atoms with Crippen molar-refractivity contribution < 1.29 is 19.2 Å². The Morgan fingerprint density at radius 3 is 2.77 bits per heavy atom. The summed E-state index contributed by atoms with van der Waals surface area (Å²) in [7, 11) is 0. The molecule has 2 heterocycles. The number of rotatable bonds is 5. The number of carboxylic acid groups (broad SMARTS) is 1. The Bertz CT molecular complexity index is 533. The highest BCUT2D eigenvalue weighted by Gasteiger charge is 2.30. The number of likely N-dealkylation sites (tertiary alicyclic amines) is 1. The van der Waals surface area contributed by atoms with Crippen molar-refractivity contribution >= 4 is 11.9 Å². The minimum absolute atomic E-state index is 0.0782. The SMILES string of the molecule is Cc1noc(C)c1[C@H](C)C(=O)N1CCC[C@@H](CCC(=O)O)C1. The number of aryl methyl sites for hydroxylation is 2. The summed E-state index contributed by atoms with van der Waals surface area (Å²) in [5.41, 5.74) is 1.63. The molecular weight excluding hydrogens is 284 g/mol. The van der Waals surface area contributed by atoms with E-state index in [-0.39, 0.29) is 24.2 Å². The summed E-state index contributed by atoms with van der Waals surface area (Å²) in [6, 6.07) is 0. The molecule has 1 aromatic rings. The lowest BCUT2D eigenvalue weighted by molar-refractivity contribution is -0.137. The van der Waals surface area contributed by atoms with E-state index in [1.54, 1.807) is 0 Å². The molecule has 1 fully saturated rings. The Labute approximate surface area is 130 Å². The van der Waals surface area contributed by atoms with Gasteiger partial charge in [-0.15, -0.1) is 0 Å². The predicted molar refractivity (Wildman–Crippen MR) is 80.6 cm³/mol. The number of amides is 1. The predicted octanol–water partition coefficient (Wildman–Crippen LogP) is 2.50. The molecule has 6 nitrogen and oxygen atoms in total. The van der Waals surface area contributed by atoms with Crippen LogP contribution in [0.15, 0.2) is 4.52 Å². The lowest BCUT2D eigenvalue weighted by Gasteiger charge is -2.34. The second-order valence-electron chi connectivity index (χ2n) is 6.18. The molecule has 1 N–H and O–H groups in total. The number of carboxylic acids is 1. The van der Waals surface area contributed by atoms with Gasteiger partial charge in [0.05, 0.1) is 11.6 Å². The molecule has 1 aromatic heterocycles. The zero-order chi connectivity index (χ0) is 16.3. The Balaban J connectivity index is 2.01. The topological polar surface area (TPSA) is 83.6 Å². The van der Waals surface area contributed by atoms with Crippen LogP contribution < -0.4 is 0 Å². The molecule has 0 saturated carbocycles. The third-order valence-electron chi connectivity index (χ3n) is 4.49. The van der Waals surface area contributed by atoms with Crippen LogP contribution in [-0.2, 0) is 9.59 Å². The van der Waals surface area contributed by atoms with Crippen molar-refractivity contribution in [3.05, 3.63) is 17.0 Å². The fourth-order valence-corrected chi connectivity index (χ4v) is 3.33. The van der Waals surface area contributed by atoms with Crippen LogP contribution in [-0.4, -0.2) is 40.1 Å². The summed E-state index contributed by atoms with van der Waals surface area (Å²) in [6.45, 7) is 6.96. The molecule has 6 heteroatoms. The van der Waals surface area contributed by atoms with Gasteiger partial charge in [-0.3, -0.25) is 9.59 Å². The molecule has 0 bridgehead atoms. The van der Waals surface area contributed by atoms with E-state index in [4.69, 9.17) is 9.63 Å². The van der Waals surface area contributed by atoms with E-state index >= 15 is 0 Å². The minimum Gasteiger partial charge on any atom is -0.481 e. The van der Waals surface area contributed by atoms with Gasteiger partial charge in [-0.2, -0.15) is 0 Å². The number of hydrogen-bond acceptors (Lipinski definition) is 4. The Morgan fingerprint density at radius 2 is 2.18 bits per heavy atom. The van der Waals surface area contributed by atoms with Gasteiger partial charge in [0, 0.05) is 25.1 Å². The molecule has 0 radical (unpaired) electrons. The molecule has 1 saturated heterocycles. The molecule has 1 aliphatic rings. The summed E-state index contributed by atoms with van der Waals surface area (Å²) >= 11 is 0. The monoisotopic (exact) mass is 308 g/mol. The van der Waals surface area contributed by atoms with E-state index in [0.717, 1.165) is 30.6 Å². The van der Waals surface area contributed by atoms with E-state index < -0.39 is 5.97 Å². The first kappa shape index (κ1) is 16.5. The number of piperidine rings is 1. The molecule has 0 aliphatic carbocycles. The van der Waals surface area contributed by atoms with Crippen LogP contribution in [0.3, 0.4) is 0 Å². The molecule has 2 rings (SSSR count). The number of hydrogen-bond donors (Lipinski definition) is 1. The van der Waals surface area contributed by atoms with Crippen molar-refractivity contribution in [1.29, 1.82) is 0 Å². The lowest BCUT2D eigenvalue weighted by Crippen LogP contribution is -2.42. The Morgan fingerprint density at radius 1 is 1.45 bits per heavy atom. The van der Waals surface area contributed by atoms with Gasteiger partial charge in [0.2, 0.25) is 5.91 Å². The van der Waals surface area contributed by atoms with Crippen molar-refractivity contribution in [1.82, 2.24) is 10.1 Å². The van der Waals surface area contributed by atoms with Gasteiger partial charge in [-0.25, -0.2) is 0 Å². The highest BCUT2D eigenvalue weighted by Crippen LogP contribution is 2.28. The van der Waals surface area contributed by atoms with Crippen molar-refractivity contribution in [2.24, 2.45) is 5.92 Å². The second kappa shape index (κ2) is 6.94. The highest BCUT2D eigenvalue weighted by atomic mass is 16.5. The van der Waals surface area contributed by atoms with Crippen molar-refractivity contribution in [3.63, 3.8) is 0 Å². The van der Waals surface area contributed by atoms with Crippen LogP contribution >= 0.6 is 0 Å². The number of aromatic nitrogens is 1. The van der Waals surface area contributed by atoms with Gasteiger partial charge < -0.3 is 14.5 Å². The quantitative estimate of drug-likeness (QED) is 0.903. The van der Waals surface area contributed by atoms with Gasteiger partial charge in [0.25, 0.3) is 0 Å². The van der Waals surface area contributed by atoms with E-state index in [9.17, 15) is 9.59 Å². The van der Waals surface area contributed by atoms with Gasteiger partial charge in [-0.05, 0) is 46.0 Å². The van der Waals surface area contributed by atoms with Gasteiger partial charge in [0.1, 0.15) is 5.76 Å². The zero-order valence-electron chi connectivity index (χ0n) is 13.5. The molecule has 1 amide bonds. The van der Waals surface area contributed by atoms with E-state index in [1.165, 1.54) is 0 Å². The van der Waals surface area contributed by atoms with Crippen molar-refractivity contribution in [2.45, 2.75) is 52.4 Å². The van der Waals surface area contributed by atoms with Gasteiger partial charge in [0.15, 0.2) is 0 Å². The normalized spacial score (nSPS) is 20.0. The third kappa shape index (κ3) is 3.67. The average Bonchev–Trinajstić information content (AvgIpc) is 2.83. The van der Waals surface area contributed by atoms with Crippen LogP contribution in [0.5, 0.6) is 0 Å². The summed E-state index contributed by atoms with van der Waals surface area (Å²) in [4.78, 5) is 25.3. The fraction of sp³-hybridized carbons (Fsp3) is 0.688. The first-order chi connectivity index (χ1) is 10.4. The first-order valence-electron chi connectivity index (χ1n) is 7.83. The van der Waals surface area contributed by atoms with Crippen LogP contribution in [0.25, 0.3) is 0 Å². The van der Waals surface area contributed by atoms with Crippen molar-refractivity contribution in [3.8, 4) is 0 Å². The summed E-state index contributed by atoms with van der Waals surface area (Å²) in [5, 5.41) is 12.7. The molecule has 0 spiro atoms. The second-order valence-corrected chi connectivity index (χ2v) is 6.18. The third-order valence-corrected chi connectivity index (χ3v) is 4.49. The fourth-order valence-electron chi connectivity index (χ4n) is 3.33. The van der Waals surface area contributed by atoms with Crippen LogP contribution in [0.4, 0.5) is 0 Å². The van der Waals surface area contributed by atoms with Gasteiger partial charge in [-0.1, -0.05) is 5.16 Å². The molecule has 0 unspecified atom stereocenters. The standard InChI is InChI=1S/C16H24N2O4/c1-10(15-11(2)17-22-12(15)3)16(21)18-8-4-5-13(9-18)6-7-14(19)20/h10,13H,4-9H2,1-3H3,(H,19,20)/t10-,13-/m0/s1. The minimum atomic E-state index is -0.771. The van der Waals surface area contributed by atoms with Crippen molar-refractivity contribution in [2.75, 3.05) is 13.1 Å². The molecule has 122 valence electrons. The zero-order valence-corrected chi connectivity index (χ0v) is 13.5. The van der Waals surface area contributed by atoms with Crippen LogP contribution in [0.1, 0.15) is 55.5 Å². The molecule has 0 aromatic carbocycles.